The number of rotatable bonds is 5. The molecule has 0 saturated heterocycles. The van der Waals surface area contributed by atoms with Crippen molar-refractivity contribution in [3.8, 4) is 11.5 Å². The normalized spacial score (nSPS) is 11.6. The van der Waals surface area contributed by atoms with Crippen molar-refractivity contribution in [3.63, 3.8) is 0 Å². The van der Waals surface area contributed by atoms with Crippen molar-refractivity contribution in [1.82, 2.24) is 10.4 Å². The van der Waals surface area contributed by atoms with Gasteiger partial charge in [-0.05, 0) is 17.5 Å². The third-order valence-electron chi connectivity index (χ3n) is 4.55. The fourth-order valence-electron chi connectivity index (χ4n) is 3.16. The summed E-state index contributed by atoms with van der Waals surface area (Å²) < 4.78 is 11.9. The number of nitrogens with two attached hydrogens (primary N) is 2. The number of amidine groups is 1. The number of fused-ring (bicyclic) bond motifs is 3. The van der Waals surface area contributed by atoms with E-state index in [0.29, 0.717) is 17.3 Å². The molecule has 4 rings (SSSR count). The third-order valence-corrected chi connectivity index (χ3v) is 5.50. The topological polar surface area (TPSA) is 120 Å². The van der Waals surface area contributed by atoms with Crippen molar-refractivity contribution >= 4 is 49.7 Å². The lowest BCUT2D eigenvalue weighted by atomic mass is 10.1. The number of pyridine rings is 1. The molecule has 2 aromatic heterocycles. The Labute approximate surface area is 171 Å². The Morgan fingerprint density at radius 3 is 2.45 bits per heavy atom. The second-order valence-electron chi connectivity index (χ2n) is 6.20. The molecule has 6 N–H and O–H groups in total. The molecule has 0 aliphatic heterocycles. The van der Waals surface area contributed by atoms with Gasteiger partial charge in [0.15, 0.2) is 5.84 Å². The van der Waals surface area contributed by atoms with Crippen LogP contribution in [0, 0.1) is 0 Å². The Balaban J connectivity index is 1.86. The maximum absolute atomic E-state index is 5.50. The molecule has 0 bridgehead atoms. The highest BCUT2D eigenvalue weighted by molar-refractivity contribution is 7.18. The van der Waals surface area contributed by atoms with Crippen LogP contribution in [-0.2, 0) is 0 Å². The zero-order valence-corrected chi connectivity index (χ0v) is 16.7. The number of nitrogens with one attached hydrogen (secondary N) is 2. The summed E-state index contributed by atoms with van der Waals surface area (Å²) in [5.74, 6) is 13.4. The molecular weight excluding hydrogens is 388 g/mol. The molecule has 0 spiro atoms. The zero-order chi connectivity index (χ0) is 20.4. The first kappa shape index (κ1) is 18.8. The molecule has 0 saturated carbocycles. The molecule has 148 valence electrons. The van der Waals surface area contributed by atoms with Gasteiger partial charge in [0, 0.05) is 44.9 Å². The summed E-state index contributed by atoms with van der Waals surface area (Å²) >= 11 is 1.66. The Hall–Kier alpha value is -3.56. The van der Waals surface area contributed by atoms with Crippen LogP contribution < -0.4 is 31.9 Å². The SMILES string of the molecule is COc1cc(Nc2nc3cc(/C(=N/N)NN)ccc3c3sccc23)cc(OC)c1. The molecule has 2 heterocycles. The predicted molar refractivity (Wildman–Crippen MR) is 118 cm³/mol. The fourth-order valence-corrected chi connectivity index (χ4v) is 4.09. The van der Waals surface area contributed by atoms with Crippen LogP contribution >= 0.6 is 11.3 Å². The van der Waals surface area contributed by atoms with Crippen LogP contribution in [0.1, 0.15) is 5.56 Å². The lowest BCUT2D eigenvalue weighted by molar-refractivity contribution is 0.395. The maximum atomic E-state index is 5.50. The highest BCUT2D eigenvalue weighted by Gasteiger charge is 2.13. The van der Waals surface area contributed by atoms with Crippen molar-refractivity contribution in [1.29, 1.82) is 0 Å². The zero-order valence-electron chi connectivity index (χ0n) is 15.9. The highest BCUT2D eigenvalue weighted by Crippen LogP contribution is 2.36. The van der Waals surface area contributed by atoms with Crippen LogP contribution in [0.3, 0.4) is 0 Å². The van der Waals surface area contributed by atoms with E-state index in [-0.39, 0.29) is 0 Å². The van der Waals surface area contributed by atoms with Crippen LogP contribution in [0.5, 0.6) is 11.5 Å². The van der Waals surface area contributed by atoms with Gasteiger partial charge in [-0.3, -0.25) is 0 Å². The Morgan fingerprint density at radius 1 is 1.03 bits per heavy atom. The van der Waals surface area contributed by atoms with Gasteiger partial charge in [-0.25, -0.2) is 10.8 Å². The standard InChI is InChI=1S/C20H20N6O2S/c1-27-13-8-12(9-14(10-13)28-2)23-20-16-5-6-29-18(16)15-4-3-11(7-17(15)24-20)19(25-21)26-22/h3-10H,21-22H2,1-2H3,(H,23,24)(H,25,26). The second kappa shape index (κ2) is 7.82. The van der Waals surface area contributed by atoms with Crippen LogP contribution in [0.15, 0.2) is 52.9 Å². The lowest BCUT2D eigenvalue weighted by Gasteiger charge is -2.13. The second-order valence-corrected chi connectivity index (χ2v) is 7.12. The number of hydrazone groups is 1. The van der Waals surface area contributed by atoms with Gasteiger partial charge in [-0.15, -0.1) is 11.3 Å². The first-order valence-electron chi connectivity index (χ1n) is 8.72. The van der Waals surface area contributed by atoms with Crippen molar-refractivity contribution < 1.29 is 9.47 Å². The monoisotopic (exact) mass is 408 g/mol. The number of anilines is 2. The number of aromatic nitrogens is 1. The molecule has 0 aliphatic rings. The van der Waals surface area contributed by atoms with Crippen LogP contribution in [-0.4, -0.2) is 25.0 Å². The largest absolute Gasteiger partial charge is 0.497 e. The summed E-state index contributed by atoms with van der Waals surface area (Å²) in [5.41, 5.74) is 4.86. The minimum atomic E-state index is 0.381. The fraction of sp³-hybridized carbons (Fsp3) is 0.100. The highest BCUT2D eigenvalue weighted by atomic mass is 32.1. The van der Waals surface area contributed by atoms with E-state index >= 15 is 0 Å². The minimum Gasteiger partial charge on any atom is -0.497 e. The first-order valence-corrected chi connectivity index (χ1v) is 9.60. The van der Waals surface area contributed by atoms with Gasteiger partial charge >= 0.3 is 0 Å². The first-order chi connectivity index (χ1) is 14.2. The quantitative estimate of drug-likeness (QED) is 0.173. The third kappa shape index (κ3) is 3.48. The smallest absolute Gasteiger partial charge is 0.166 e. The summed E-state index contributed by atoms with van der Waals surface area (Å²) in [7, 11) is 3.24. The molecule has 4 aromatic rings. The summed E-state index contributed by atoms with van der Waals surface area (Å²) in [4.78, 5) is 4.84. The van der Waals surface area contributed by atoms with E-state index in [1.807, 2.05) is 47.8 Å². The predicted octanol–water partition coefficient (Wildman–Crippen LogP) is 3.29. The Bertz CT molecular complexity index is 1200. The Kier molecular flexibility index (Phi) is 5.07. The number of nitrogens with zero attached hydrogens (tertiary/aromatic N) is 2. The minimum absolute atomic E-state index is 0.381. The van der Waals surface area contributed by atoms with E-state index in [9.17, 15) is 0 Å². The van der Waals surface area contributed by atoms with Gasteiger partial charge in [0.05, 0.1) is 19.7 Å². The van der Waals surface area contributed by atoms with Crippen molar-refractivity contribution in [2.75, 3.05) is 19.5 Å². The van der Waals surface area contributed by atoms with Crippen molar-refractivity contribution in [2.45, 2.75) is 0 Å². The molecule has 0 fully saturated rings. The molecule has 2 aromatic carbocycles. The van der Waals surface area contributed by atoms with E-state index in [1.54, 1.807) is 25.6 Å². The molecule has 9 heteroatoms. The summed E-state index contributed by atoms with van der Waals surface area (Å²) in [6, 6.07) is 13.5. The van der Waals surface area contributed by atoms with Gasteiger partial charge in [0.1, 0.15) is 17.3 Å². The van der Waals surface area contributed by atoms with E-state index < -0.39 is 0 Å². The number of hydrogen-bond acceptors (Lipinski definition) is 8. The van der Waals surface area contributed by atoms with Crippen LogP contribution in [0.2, 0.25) is 0 Å². The number of methoxy groups -OCH3 is 2. The van der Waals surface area contributed by atoms with E-state index in [4.69, 9.17) is 26.1 Å². The molecule has 29 heavy (non-hydrogen) atoms. The van der Waals surface area contributed by atoms with E-state index in [0.717, 1.165) is 38.1 Å². The van der Waals surface area contributed by atoms with E-state index in [2.05, 4.69) is 15.8 Å². The van der Waals surface area contributed by atoms with Gasteiger partial charge in [-0.1, -0.05) is 12.1 Å². The molecule has 8 nitrogen and oxygen atoms in total. The van der Waals surface area contributed by atoms with E-state index in [1.165, 1.54) is 0 Å². The summed E-state index contributed by atoms with van der Waals surface area (Å²) in [5, 5.41) is 11.2. The number of ether oxygens (including phenoxy) is 2. The molecule has 0 radical (unpaired) electrons. The average Bonchev–Trinajstić information content (AvgIpc) is 3.25. The van der Waals surface area contributed by atoms with Crippen LogP contribution in [0.25, 0.3) is 21.0 Å². The number of thiophene rings is 1. The van der Waals surface area contributed by atoms with Crippen LogP contribution in [0.4, 0.5) is 11.5 Å². The van der Waals surface area contributed by atoms with Gasteiger partial charge in [0.25, 0.3) is 0 Å². The lowest BCUT2D eigenvalue weighted by Crippen LogP contribution is -2.32. The van der Waals surface area contributed by atoms with Crippen molar-refractivity contribution in [3.05, 3.63) is 53.4 Å². The number of hydrogen-bond donors (Lipinski definition) is 4. The van der Waals surface area contributed by atoms with Gasteiger partial charge in [-0.2, -0.15) is 5.10 Å². The molecular formula is C20H20N6O2S. The Morgan fingerprint density at radius 2 is 1.79 bits per heavy atom. The van der Waals surface area contributed by atoms with Gasteiger partial charge in [0.2, 0.25) is 0 Å². The maximum Gasteiger partial charge on any atom is 0.166 e. The summed E-state index contributed by atoms with van der Waals surface area (Å²) in [6.45, 7) is 0. The number of benzene rings is 2. The molecule has 0 amide bonds. The van der Waals surface area contributed by atoms with Gasteiger partial charge < -0.3 is 26.1 Å². The summed E-state index contributed by atoms with van der Waals surface area (Å²) in [6.07, 6.45) is 0. The van der Waals surface area contributed by atoms with Crippen molar-refractivity contribution in [2.24, 2.45) is 16.8 Å². The molecule has 0 aliphatic carbocycles. The number of hydrazine groups is 1. The molecule has 0 unspecified atom stereocenters. The average molecular weight is 408 g/mol. The molecule has 0 atom stereocenters.